The zero-order valence-corrected chi connectivity index (χ0v) is 19.4. The smallest absolute Gasteiger partial charge is 0.327 e. The van der Waals surface area contributed by atoms with E-state index in [1.165, 1.54) is 63.2 Å². The zero-order valence-electron chi connectivity index (χ0n) is 17.0. The molecular formula is C19H33IN6O2. The topological polar surface area (TPSA) is 84.6 Å². The van der Waals surface area contributed by atoms with E-state index >= 15 is 0 Å². The van der Waals surface area contributed by atoms with Gasteiger partial charge in [0, 0.05) is 20.1 Å². The van der Waals surface area contributed by atoms with E-state index in [1.54, 1.807) is 6.20 Å². The third-order valence-corrected chi connectivity index (χ3v) is 5.87. The van der Waals surface area contributed by atoms with Gasteiger partial charge in [-0.05, 0) is 31.1 Å². The first-order valence-electron chi connectivity index (χ1n) is 10.1. The molecule has 8 nitrogen and oxygen atoms in total. The fraction of sp³-hybridized carbons (Fsp3) is 0.789. The number of rotatable bonds is 4. The Morgan fingerprint density at radius 2 is 1.96 bits per heavy atom. The van der Waals surface area contributed by atoms with E-state index in [9.17, 15) is 4.79 Å². The van der Waals surface area contributed by atoms with Crippen LogP contribution in [0.25, 0.3) is 0 Å². The maximum absolute atomic E-state index is 11.3. The van der Waals surface area contributed by atoms with E-state index in [-0.39, 0.29) is 36.5 Å². The van der Waals surface area contributed by atoms with Crippen molar-refractivity contribution in [2.75, 3.05) is 27.2 Å². The molecule has 0 aromatic carbocycles. The van der Waals surface area contributed by atoms with Crippen molar-refractivity contribution in [3.8, 4) is 0 Å². The van der Waals surface area contributed by atoms with E-state index in [2.05, 4.69) is 30.3 Å². The molecule has 2 heterocycles. The van der Waals surface area contributed by atoms with Crippen LogP contribution in [0.4, 0.5) is 0 Å². The van der Waals surface area contributed by atoms with Gasteiger partial charge in [-0.2, -0.15) is 0 Å². The van der Waals surface area contributed by atoms with Gasteiger partial charge in [-0.3, -0.25) is 9.79 Å². The van der Waals surface area contributed by atoms with E-state index in [1.807, 2.05) is 7.05 Å². The summed E-state index contributed by atoms with van der Waals surface area (Å²) in [7, 11) is 3.20. The van der Waals surface area contributed by atoms with E-state index in [4.69, 9.17) is 0 Å². The summed E-state index contributed by atoms with van der Waals surface area (Å²) in [5, 5.41) is 11.5. The molecule has 1 saturated carbocycles. The molecule has 1 aliphatic carbocycles. The first kappa shape index (κ1) is 22.9. The molecule has 0 amide bonds. The van der Waals surface area contributed by atoms with Crippen LogP contribution < -0.4 is 5.32 Å². The Kier molecular flexibility index (Phi) is 8.97. The van der Waals surface area contributed by atoms with Crippen molar-refractivity contribution in [2.24, 2.45) is 10.4 Å². The fourth-order valence-corrected chi connectivity index (χ4v) is 4.47. The number of piperidine rings is 1. The average molecular weight is 504 g/mol. The van der Waals surface area contributed by atoms with Crippen LogP contribution in [0.15, 0.2) is 11.2 Å². The fourth-order valence-electron chi connectivity index (χ4n) is 4.47. The van der Waals surface area contributed by atoms with Gasteiger partial charge in [0.1, 0.15) is 12.2 Å². The number of carbonyl (C=O) groups excluding carboxylic acids is 1. The molecular weight excluding hydrogens is 471 g/mol. The second-order valence-electron chi connectivity index (χ2n) is 7.82. The van der Waals surface area contributed by atoms with Gasteiger partial charge in [0.2, 0.25) is 0 Å². The Balaban J connectivity index is 0.00000280. The minimum absolute atomic E-state index is 0. The number of nitrogens with one attached hydrogen (secondary N) is 1. The van der Waals surface area contributed by atoms with Gasteiger partial charge in [0.15, 0.2) is 5.96 Å². The van der Waals surface area contributed by atoms with E-state index in [0.717, 1.165) is 24.7 Å². The van der Waals surface area contributed by atoms with Gasteiger partial charge in [0.25, 0.3) is 0 Å². The molecule has 2 fully saturated rings. The second kappa shape index (κ2) is 11.0. The number of carbonyl (C=O) groups is 1. The summed E-state index contributed by atoms with van der Waals surface area (Å²) in [5.41, 5.74) is 1.25. The van der Waals surface area contributed by atoms with Gasteiger partial charge >= 0.3 is 5.97 Å². The molecule has 1 aliphatic heterocycles. The van der Waals surface area contributed by atoms with Crippen LogP contribution in [-0.2, 0) is 22.6 Å². The Morgan fingerprint density at radius 3 is 2.64 bits per heavy atom. The lowest BCUT2D eigenvalue weighted by Gasteiger charge is -2.44. The number of nitrogens with zero attached hydrogens (tertiary/aromatic N) is 5. The largest absolute Gasteiger partial charge is 0.468 e. The molecule has 1 spiro atoms. The number of halogens is 1. The van der Waals surface area contributed by atoms with Gasteiger partial charge in [-0.1, -0.05) is 30.9 Å². The Morgan fingerprint density at radius 1 is 1.25 bits per heavy atom. The van der Waals surface area contributed by atoms with Crippen molar-refractivity contribution in [2.45, 2.75) is 64.5 Å². The van der Waals surface area contributed by atoms with Crippen LogP contribution in [0.5, 0.6) is 0 Å². The van der Waals surface area contributed by atoms with Crippen molar-refractivity contribution in [1.29, 1.82) is 0 Å². The molecule has 1 aromatic heterocycles. The highest BCUT2D eigenvalue weighted by Crippen LogP contribution is 2.42. The first-order valence-corrected chi connectivity index (χ1v) is 10.1. The number of aromatic nitrogens is 3. The maximum atomic E-state index is 11.3. The predicted molar refractivity (Wildman–Crippen MR) is 119 cm³/mol. The molecule has 1 saturated heterocycles. The van der Waals surface area contributed by atoms with Gasteiger partial charge in [0.05, 0.1) is 19.9 Å². The van der Waals surface area contributed by atoms with Crippen LogP contribution in [0, 0.1) is 5.41 Å². The van der Waals surface area contributed by atoms with Crippen molar-refractivity contribution < 1.29 is 9.53 Å². The molecule has 9 heteroatoms. The third-order valence-electron chi connectivity index (χ3n) is 5.87. The Bertz CT molecular complexity index is 655. The molecule has 2 aliphatic rings. The van der Waals surface area contributed by atoms with Crippen molar-refractivity contribution in [3.05, 3.63) is 11.9 Å². The summed E-state index contributed by atoms with van der Waals surface area (Å²) in [4.78, 5) is 18.2. The van der Waals surface area contributed by atoms with Gasteiger partial charge in [-0.25, -0.2) is 4.68 Å². The highest BCUT2D eigenvalue weighted by atomic mass is 127. The number of hydrogen-bond acceptors (Lipinski definition) is 5. The lowest BCUT2D eigenvalue weighted by atomic mass is 9.74. The number of likely N-dealkylation sites (tertiary alicyclic amines) is 1. The number of hydrogen-bond donors (Lipinski definition) is 1. The highest BCUT2D eigenvalue weighted by Gasteiger charge is 2.36. The monoisotopic (exact) mass is 504 g/mol. The zero-order chi connectivity index (χ0) is 19.1. The van der Waals surface area contributed by atoms with Crippen molar-refractivity contribution >= 4 is 35.9 Å². The standard InChI is InChI=1S/C19H32N6O2.HI/c1-20-18(21-12-16-13-25(23-22-16)14-17(26)27-2)24-11-7-10-19(15-24)8-5-3-4-6-9-19;/h13H,3-12,14-15H2,1-2H3,(H,20,21);1H. The maximum Gasteiger partial charge on any atom is 0.327 e. The summed E-state index contributed by atoms with van der Waals surface area (Å²) in [6, 6.07) is 0. The van der Waals surface area contributed by atoms with Crippen molar-refractivity contribution in [1.82, 2.24) is 25.2 Å². The quantitative estimate of drug-likeness (QED) is 0.294. The highest BCUT2D eigenvalue weighted by molar-refractivity contribution is 14.0. The van der Waals surface area contributed by atoms with Crippen LogP contribution in [-0.4, -0.2) is 59.1 Å². The van der Waals surface area contributed by atoms with Crippen molar-refractivity contribution in [3.63, 3.8) is 0 Å². The minimum atomic E-state index is -0.336. The van der Waals surface area contributed by atoms with Crippen LogP contribution in [0.1, 0.15) is 57.1 Å². The molecule has 0 atom stereocenters. The SMILES string of the molecule is CN=C(NCc1cn(CC(=O)OC)nn1)N1CCCC2(CCCCCC2)C1.I. The average Bonchev–Trinajstić information content (AvgIpc) is 3.00. The Hall–Kier alpha value is -1.39. The number of aliphatic imine (C=N–C) groups is 1. The lowest BCUT2D eigenvalue weighted by molar-refractivity contribution is -0.141. The molecule has 1 aromatic rings. The number of ether oxygens (including phenoxy) is 1. The van der Waals surface area contributed by atoms with E-state index < -0.39 is 0 Å². The normalized spacial score (nSPS) is 19.6. The molecule has 0 radical (unpaired) electrons. The summed E-state index contributed by atoms with van der Waals surface area (Å²) in [6.07, 6.45) is 12.5. The van der Waals surface area contributed by atoms with Gasteiger partial charge < -0.3 is 15.0 Å². The Labute approximate surface area is 184 Å². The molecule has 3 rings (SSSR count). The predicted octanol–water partition coefficient (Wildman–Crippen LogP) is 2.58. The van der Waals surface area contributed by atoms with Crippen LogP contribution in [0.3, 0.4) is 0 Å². The molecule has 1 N–H and O–H groups in total. The van der Waals surface area contributed by atoms with Crippen LogP contribution in [0.2, 0.25) is 0 Å². The summed E-state index contributed by atoms with van der Waals surface area (Å²) < 4.78 is 6.15. The molecule has 158 valence electrons. The van der Waals surface area contributed by atoms with Crippen LogP contribution >= 0.6 is 24.0 Å². The summed E-state index contributed by atoms with van der Waals surface area (Å²) in [5.74, 6) is 0.595. The molecule has 0 unspecified atom stereocenters. The molecule has 0 bridgehead atoms. The third kappa shape index (κ3) is 6.05. The summed E-state index contributed by atoms with van der Waals surface area (Å²) >= 11 is 0. The second-order valence-corrected chi connectivity index (χ2v) is 7.82. The lowest BCUT2D eigenvalue weighted by Crippen LogP contribution is -2.50. The number of guanidine groups is 1. The van der Waals surface area contributed by atoms with E-state index in [0.29, 0.717) is 12.0 Å². The summed E-state index contributed by atoms with van der Waals surface area (Å²) in [6.45, 7) is 2.77. The minimum Gasteiger partial charge on any atom is -0.468 e. The number of esters is 1. The number of methoxy groups -OCH3 is 1. The first-order chi connectivity index (χ1) is 13.1. The molecule has 28 heavy (non-hydrogen) atoms. The van der Waals surface area contributed by atoms with Gasteiger partial charge in [-0.15, -0.1) is 29.1 Å².